The minimum absolute atomic E-state index is 0.257. The summed E-state index contributed by atoms with van der Waals surface area (Å²) in [5.41, 5.74) is 1.33. The molecule has 22 heavy (non-hydrogen) atoms. The third kappa shape index (κ3) is 4.96. The molecule has 4 nitrogen and oxygen atoms in total. The minimum Gasteiger partial charge on any atom is -0.494 e. The Bertz CT molecular complexity index is 674. The van der Waals surface area contributed by atoms with Crippen LogP contribution in [0.15, 0.2) is 48.5 Å². The fourth-order valence-corrected chi connectivity index (χ4v) is 2.33. The van der Waals surface area contributed by atoms with Crippen molar-refractivity contribution in [2.75, 3.05) is 11.9 Å². The number of rotatable bonds is 4. The van der Waals surface area contributed by atoms with Gasteiger partial charge in [-0.1, -0.05) is 6.07 Å². The number of anilines is 1. The molecule has 0 aromatic heterocycles. The van der Waals surface area contributed by atoms with Gasteiger partial charge in [-0.05, 0) is 84.2 Å². The lowest BCUT2D eigenvalue weighted by Gasteiger charge is -2.10. The molecule has 1 amide bonds. The van der Waals surface area contributed by atoms with E-state index in [1.54, 1.807) is 18.2 Å². The number of hydrogen-bond donors (Lipinski definition) is 2. The standard InChI is InChI=1S/C16H15IN2O2S/c1-2-21-14-5-3-4-11(10-14)15(20)19-16(22)18-13-8-6-12(17)7-9-13/h3-10H,2H2,1H3,(H2,18,19,20,22). The lowest BCUT2D eigenvalue weighted by atomic mass is 10.2. The maximum Gasteiger partial charge on any atom is 0.257 e. The van der Waals surface area contributed by atoms with Gasteiger partial charge in [-0.2, -0.15) is 0 Å². The van der Waals surface area contributed by atoms with Crippen molar-refractivity contribution in [3.8, 4) is 5.75 Å². The predicted octanol–water partition coefficient (Wildman–Crippen LogP) is 3.82. The largest absolute Gasteiger partial charge is 0.494 e. The molecule has 0 spiro atoms. The molecule has 0 aliphatic rings. The van der Waals surface area contributed by atoms with Crippen molar-refractivity contribution < 1.29 is 9.53 Å². The van der Waals surface area contributed by atoms with Crippen molar-refractivity contribution in [2.45, 2.75) is 6.92 Å². The number of carbonyl (C=O) groups is 1. The molecule has 2 aromatic carbocycles. The maximum atomic E-state index is 12.2. The van der Waals surface area contributed by atoms with E-state index in [0.29, 0.717) is 17.9 Å². The van der Waals surface area contributed by atoms with Crippen LogP contribution >= 0.6 is 34.8 Å². The van der Waals surface area contributed by atoms with Crippen molar-refractivity contribution in [3.05, 3.63) is 57.7 Å². The molecule has 0 saturated carbocycles. The average Bonchev–Trinajstić information content (AvgIpc) is 2.50. The van der Waals surface area contributed by atoms with Crippen LogP contribution in [0.2, 0.25) is 0 Å². The maximum absolute atomic E-state index is 12.2. The first-order chi connectivity index (χ1) is 10.6. The van der Waals surface area contributed by atoms with Gasteiger partial charge in [0.25, 0.3) is 5.91 Å². The van der Waals surface area contributed by atoms with Gasteiger partial charge >= 0.3 is 0 Å². The number of halogens is 1. The summed E-state index contributed by atoms with van der Waals surface area (Å²) in [4.78, 5) is 12.2. The summed E-state index contributed by atoms with van der Waals surface area (Å²) in [6.07, 6.45) is 0. The van der Waals surface area contributed by atoms with Crippen LogP contribution in [0, 0.1) is 3.57 Å². The monoisotopic (exact) mass is 426 g/mol. The highest BCUT2D eigenvalue weighted by molar-refractivity contribution is 14.1. The fourth-order valence-electron chi connectivity index (χ4n) is 1.76. The quantitative estimate of drug-likeness (QED) is 0.577. The van der Waals surface area contributed by atoms with Gasteiger partial charge in [0.1, 0.15) is 5.75 Å². The van der Waals surface area contributed by atoms with Crippen LogP contribution in [0.5, 0.6) is 5.75 Å². The second kappa shape index (κ2) is 8.09. The second-order valence-electron chi connectivity index (χ2n) is 4.38. The summed E-state index contributed by atoms with van der Waals surface area (Å²) >= 11 is 7.38. The van der Waals surface area contributed by atoms with Gasteiger partial charge < -0.3 is 10.1 Å². The molecule has 0 atom stereocenters. The van der Waals surface area contributed by atoms with E-state index in [1.807, 2.05) is 37.3 Å². The number of nitrogens with one attached hydrogen (secondary N) is 2. The molecule has 0 bridgehead atoms. The van der Waals surface area contributed by atoms with Crippen LogP contribution in [0.25, 0.3) is 0 Å². The SMILES string of the molecule is CCOc1cccc(C(=O)NC(=S)Nc2ccc(I)cc2)c1. The molecule has 0 aliphatic carbocycles. The van der Waals surface area contributed by atoms with Crippen LogP contribution in [0.4, 0.5) is 5.69 Å². The van der Waals surface area contributed by atoms with E-state index >= 15 is 0 Å². The Morgan fingerprint density at radius 2 is 1.95 bits per heavy atom. The van der Waals surface area contributed by atoms with E-state index in [0.717, 1.165) is 9.26 Å². The highest BCUT2D eigenvalue weighted by Crippen LogP contribution is 2.14. The average molecular weight is 426 g/mol. The van der Waals surface area contributed by atoms with Gasteiger partial charge in [-0.15, -0.1) is 0 Å². The zero-order valence-corrected chi connectivity index (χ0v) is 14.9. The molecule has 2 N–H and O–H groups in total. The van der Waals surface area contributed by atoms with Crippen LogP contribution in [-0.4, -0.2) is 17.6 Å². The van der Waals surface area contributed by atoms with Crippen molar-refractivity contribution in [1.82, 2.24) is 5.32 Å². The number of carbonyl (C=O) groups excluding carboxylic acids is 1. The molecule has 6 heteroatoms. The molecule has 0 aliphatic heterocycles. The summed E-state index contributed by atoms with van der Waals surface area (Å²) < 4.78 is 6.51. The molecular formula is C16H15IN2O2S. The van der Waals surface area contributed by atoms with Crippen LogP contribution in [-0.2, 0) is 0 Å². The Morgan fingerprint density at radius 1 is 1.23 bits per heavy atom. The van der Waals surface area contributed by atoms with E-state index in [-0.39, 0.29) is 11.0 Å². The molecule has 2 rings (SSSR count). The van der Waals surface area contributed by atoms with E-state index in [4.69, 9.17) is 17.0 Å². The summed E-state index contributed by atoms with van der Waals surface area (Å²) in [7, 11) is 0. The van der Waals surface area contributed by atoms with Gasteiger partial charge in [0.05, 0.1) is 6.61 Å². The smallest absolute Gasteiger partial charge is 0.257 e. The van der Waals surface area contributed by atoms with E-state index in [1.165, 1.54) is 0 Å². The van der Waals surface area contributed by atoms with Crippen LogP contribution < -0.4 is 15.4 Å². The predicted molar refractivity (Wildman–Crippen MR) is 100 cm³/mol. The Hall–Kier alpha value is -1.67. The number of ether oxygens (including phenoxy) is 1. The third-order valence-electron chi connectivity index (χ3n) is 2.74. The Balaban J connectivity index is 1.97. The van der Waals surface area contributed by atoms with E-state index in [2.05, 4.69) is 33.2 Å². The van der Waals surface area contributed by atoms with Crippen LogP contribution in [0.1, 0.15) is 17.3 Å². The zero-order chi connectivity index (χ0) is 15.9. The molecule has 0 saturated heterocycles. The van der Waals surface area contributed by atoms with Gasteiger partial charge in [-0.25, -0.2) is 0 Å². The first kappa shape index (κ1) is 16.7. The number of amides is 1. The summed E-state index contributed by atoms with van der Waals surface area (Å²) in [5, 5.41) is 5.88. The molecule has 2 aromatic rings. The fraction of sp³-hybridized carbons (Fsp3) is 0.125. The van der Waals surface area contributed by atoms with Gasteiger partial charge in [-0.3, -0.25) is 10.1 Å². The molecule has 0 unspecified atom stereocenters. The van der Waals surface area contributed by atoms with E-state index in [9.17, 15) is 4.79 Å². The van der Waals surface area contributed by atoms with Crippen molar-refractivity contribution in [3.63, 3.8) is 0 Å². The lowest BCUT2D eigenvalue weighted by Crippen LogP contribution is -2.34. The zero-order valence-electron chi connectivity index (χ0n) is 11.9. The number of benzene rings is 2. The summed E-state index contributed by atoms with van der Waals surface area (Å²) in [6.45, 7) is 2.45. The highest BCUT2D eigenvalue weighted by atomic mass is 127. The second-order valence-corrected chi connectivity index (χ2v) is 6.03. The van der Waals surface area contributed by atoms with Crippen molar-refractivity contribution >= 4 is 51.5 Å². The number of thiocarbonyl (C=S) groups is 1. The molecule has 0 radical (unpaired) electrons. The van der Waals surface area contributed by atoms with Gasteiger partial charge in [0.2, 0.25) is 0 Å². The summed E-state index contributed by atoms with van der Waals surface area (Å²) in [5.74, 6) is 0.385. The Kier molecular flexibility index (Phi) is 6.14. The third-order valence-corrected chi connectivity index (χ3v) is 3.66. The Morgan fingerprint density at radius 3 is 2.64 bits per heavy atom. The lowest BCUT2D eigenvalue weighted by molar-refractivity contribution is 0.0977. The molecule has 0 fully saturated rings. The molecular weight excluding hydrogens is 411 g/mol. The highest BCUT2D eigenvalue weighted by Gasteiger charge is 2.09. The molecule has 114 valence electrons. The Labute approximate surface area is 148 Å². The van der Waals surface area contributed by atoms with Gasteiger partial charge in [0.15, 0.2) is 5.11 Å². The first-order valence-electron chi connectivity index (χ1n) is 6.69. The van der Waals surface area contributed by atoms with E-state index < -0.39 is 0 Å². The minimum atomic E-state index is -0.274. The topological polar surface area (TPSA) is 50.4 Å². The van der Waals surface area contributed by atoms with Crippen LogP contribution in [0.3, 0.4) is 0 Å². The molecule has 0 heterocycles. The van der Waals surface area contributed by atoms with Gasteiger partial charge in [0, 0.05) is 14.8 Å². The first-order valence-corrected chi connectivity index (χ1v) is 8.18. The van der Waals surface area contributed by atoms with Crippen molar-refractivity contribution in [1.29, 1.82) is 0 Å². The normalized spacial score (nSPS) is 9.91. The van der Waals surface area contributed by atoms with Crippen molar-refractivity contribution in [2.24, 2.45) is 0 Å². The number of hydrogen-bond acceptors (Lipinski definition) is 3. The summed E-state index contributed by atoms with van der Waals surface area (Å²) in [6, 6.07) is 14.7.